The number of nitrogens with zero attached hydrogens (tertiary/aromatic N) is 1. The Kier molecular flexibility index (Phi) is 4.52. The molecule has 0 saturated carbocycles. The molecule has 1 aromatic heterocycles. The second-order valence-electron chi connectivity index (χ2n) is 5.28. The fourth-order valence-corrected chi connectivity index (χ4v) is 2.51. The Balaban J connectivity index is 1.86. The van der Waals surface area contributed by atoms with Crippen molar-refractivity contribution in [3.05, 3.63) is 77.6 Å². The standard InChI is InChI=1S/C19H16N2O3/c1-24-19(23)15-7-8-16-14(10-15)5-2-6-17(16)18(22)21-12-13-4-3-9-20-11-13/h2-11H,12H2,1H3,(H,21,22). The third-order valence-electron chi connectivity index (χ3n) is 3.72. The van der Waals surface area contributed by atoms with E-state index in [9.17, 15) is 9.59 Å². The number of hydrogen-bond acceptors (Lipinski definition) is 4. The maximum absolute atomic E-state index is 12.5. The van der Waals surface area contributed by atoms with Gasteiger partial charge in [-0.1, -0.05) is 24.3 Å². The Labute approximate surface area is 139 Å². The second-order valence-corrected chi connectivity index (χ2v) is 5.28. The molecule has 120 valence electrons. The average molecular weight is 320 g/mol. The molecule has 3 aromatic rings. The highest BCUT2D eigenvalue weighted by Gasteiger charge is 2.12. The topological polar surface area (TPSA) is 68.3 Å². The van der Waals surface area contributed by atoms with Gasteiger partial charge in [-0.05, 0) is 40.6 Å². The minimum absolute atomic E-state index is 0.171. The molecule has 0 aliphatic heterocycles. The van der Waals surface area contributed by atoms with Crippen LogP contribution < -0.4 is 5.32 Å². The highest BCUT2D eigenvalue weighted by Crippen LogP contribution is 2.21. The van der Waals surface area contributed by atoms with Gasteiger partial charge >= 0.3 is 5.97 Å². The largest absolute Gasteiger partial charge is 0.465 e. The molecule has 5 heteroatoms. The molecule has 3 rings (SSSR count). The van der Waals surface area contributed by atoms with E-state index >= 15 is 0 Å². The molecule has 24 heavy (non-hydrogen) atoms. The van der Waals surface area contributed by atoms with Crippen molar-refractivity contribution in [1.82, 2.24) is 10.3 Å². The van der Waals surface area contributed by atoms with E-state index in [1.165, 1.54) is 7.11 Å². The van der Waals surface area contributed by atoms with E-state index in [4.69, 9.17) is 4.74 Å². The Morgan fingerprint density at radius 1 is 1.12 bits per heavy atom. The number of esters is 1. The summed E-state index contributed by atoms with van der Waals surface area (Å²) in [4.78, 5) is 28.1. The highest BCUT2D eigenvalue weighted by atomic mass is 16.5. The number of fused-ring (bicyclic) bond motifs is 1. The summed E-state index contributed by atoms with van der Waals surface area (Å²) in [6.45, 7) is 0.406. The second kappa shape index (κ2) is 6.91. The molecular formula is C19H16N2O3. The van der Waals surface area contributed by atoms with Gasteiger partial charge in [0.15, 0.2) is 0 Å². The molecule has 0 saturated heterocycles. The monoisotopic (exact) mass is 320 g/mol. The van der Waals surface area contributed by atoms with Gasteiger partial charge in [-0.2, -0.15) is 0 Å². The summed E-state index contributed by atoms with van der Waals surface area (Å²) in [6, 6.07) is 14.3. The highest BCUT2D eigenvalue weighted by molar-refractivity contribution is 6.08. The molecule has 0 atom stereocenters. The lowest BCUT2D eigenvalue weighted by Gasteiger charge is -2.09. The SMILES string of the molecule is COC(=O)c1ccc2c(C(=O)NCc3cccnc3)cccc2c1. The van der Waals surface area contributed by atoms with Crippen LogP contribution in [0.3, 0.4) is 0 Å². The number of benzene rings is 2. The van der Waals surface area contributed by atoms with E-state index in [-0.39, 0.29) is 5.91 Å². The number of methoxy groups -OCH3 is 1. The van der Waals surface area contributed by atoms with E-state index in [0.29, 0.717) is 17.7 Å². The van der Waals surface area contributed by atoms with E-state index < -0.39 is 5.97 Å². The van der Waals surface area contributed by atoms with E-state index in [2.05, 4.69) is 10.3 Å². The van der Waals surface area contributed by atoms with Gasteiger partial charge in [0.1, 0.15) is 0 Å². The van der Waals surface area contributed by atoms with Crippen LogP contribution in [-0.2, 0) is 11.3 Å². The van der Waals surface area contributed by atoms with Crippen LogP contribution in [0, 0.1) is 0 Å². The summed E-state index contributed by atoms with van der Waals surface area (Å²) >= 11 is 0. The average Bonchev–Trinajstić information content (AvgIpc) is 2.65. The minimum atomic E-state index is -0.400. The van der Waals surface area contributed by atoms with Crippen molar-refractivity contribution in [2.75, 3.05) is 7.11 Å². The molecule has 0 radical (unpaired) electrons. The number of carbonyl (C=O) groups is 2. The van der Waals surface area contributed by atoms with Crippen molar-refractivity contribution in [1.29, 1.82) is 0 Å². The van der Waals surface area contributed by atoms with Gasteiger partial charge in [-0.25, -0.2) is 4.79 Å². The molecule has 1 N–H and O–H groups in total. The zero-order valence-electron chi connectivity index (χ0n) is 13.2. The van der Waals surface area contributed by atoms with Crippen LogP contribution in [0.4, 0.5) is 0 Å². The fraction of sp³-hybridized carbons (Fsp3) is 0.105. The molecule has 0 bridgehead atoms. The summed E-state index contributed by atoms with van der Waals surface area (Å²) in [5.41, 5.74) is 1.95. The number of rotatable bonds is 4. The van der Waals surface area contributed by atoms with Gasteiger partial charge < -0.3 is 10.1 Å². The number of hydrogen-bond donors (Lipinski definition) is 1. The number of aromatic nitrogens is 1. The van der Waals surface area contributed by atoms with Crippen LogP contribution in [0.2, 0.25) is 0 Å². The van der Waals surface area contributed by atoms with Crippen molar-refractivity contribution in [2.24, 2.45) is 0 Å². The first-order valence-electron chi connectivity index (χ1n) is 7.47. The van der Waals surface area contributed by atoms with Crippen molar-refractivity contribution < 1.29 is 14.3 Å². The lowest BCUT2D eigenvalue weighted by Crippen LogP contribution is -2.23. The molecule has 1 amide bonds. The van der Waals surface area contributed by atoms with Gasteiger partial charge in [0.25, 0.3) is 5.91 Å². The number of nitrogens with one attached hydrogen (secondary N) is 1. The maximum Gasteiger partial charge on any atom is 0.337 e. The Morgan fingerprint density at radius 3 is 2.75 bits per heavy atom. The zero-order valence-corrected chi connectivity index (χ0v) is 13.2. The molecule has 0 spiro atoms. The lowest BCUT2D eigenvalue weighted by molar-refractivity contribution is 0.0601. The van der Waals surface area contributed by atoms with Crippen LogP contribution >= 0.6 is 0 Å². The number of ether oxygens (including phenoxy) is 1. The smallest absolute Gasteiger partial charge is 0.337 e. The summed E-state index contributed by atoms with van der Waals surface area (Å²) in [6.07, 6.45) is 3.40. The maximum atomic E-state index is 12.5. The summed E-state index contributed by atoms with van der Waals surface area (Å²) in [7, 11) is 1.34. The van der Waals surface area contributed by atoms with Crippen molar-refractivity contribution in [3.8, 4) is 0 Å². The molecule has 0 aliphatic rings. The molecular weight excluding hydrogens is 304 g/mol. The molecule has 0 fully saturated rings. The summed E-state index contributed by atoms with van der Waals surface area (Å²) in [5, 5.41) is 4.48. The molecule has 0 aliphatic carbocycles. The normalized spacial score (nSPS) is 10.4. The van der Waals surface area contributed by atoms with E-state index in [1.807, 2.05) is 18.2 Å². The van der Waals surface area contributed by atoms with E-state index in [1.54, 1.807) is 42.7 Å². The van der Waals surface area contributed by atoms with E-state index in [0.717, 1.165) is 16.3 Å². The Hall–Kier alpha value is -3.21. The van der Waals surface area contributed by atoms with Gasteiger partial charge in [-0.3, -0.25) is 9.78 Å². The summed E-state index contributed by atoms with van der Waals surface area (Å²) in [5.74, 6) is -0.571. The number of amides is 1. The van der Waals surface area contributed by atoms with Crippen molar-refractivity contribution in [3.63, 3.8) is 0 Å². The molecule has 0 unspecified atom stereocenters. The molecule has 5 nitrogen and oxygen atoms in total. The van der Waals surface area contributed by atoms with Gasteiger partial charge in [0.2, 0.25) is 0 Å². The molecule has 2 aromatic carbocycles. The van der Waals surface area contributed by atoms with Crippen LogP contribution in [0.15, 0.2) is 60.9 Å². The first kappa shape index (κ1) is 15.7. The Morgan fingerprint density at radius 2 is 2.00 bits per heavy atom. The van der Waals surface area contributed by atoms with Gasteiger partial charge in [-0.15, -0.1) is 0 Å². The van der Waals surface area contributed by atoms with Gasteiger partial charge in [0, 0.05) is 24.5 Å². The molecule has 1 heterocycles. The third-order valence-corrected chi connectivity index (χ3v) is 3.72. The van der Waals surface area contributed by atoms with Crippen LogP contribution in [-0.4, -0.2) is 24.0 Å². The first-order chi connectivity index (χ1) is 11.7. The number of pyridine rings is 1. The predicted octanol–water partition coefficient (Wildman–Crippen LogP) is 2.95. The number of carbonyl (C=O) groups excluding carboxylic acids is 2. The third kappa shape index (κ3) is 3.25. The Bertz CT molecular complexity index is 892. The minimum Gasteiger partial charge on any atom is -0.465 e. The fourth-order valence-electron chi connectivity index (χ4n) is 2.51. The zero-order chi connectivity index (χ0) is 16.9. The van der Waals surface area contributed by atoms with Crippen molar-refractivity contribution >= 4 is 22.6 Å². The lowest BCUT2D eigenvalue weighted by atomic mass is 10.0. The first-order valence-corrected chi connectivity index (χ1v) is 7.47. The van der Waals surface area contributed by atoms with Crippen LogP contribution in [0.5, 0.6) is 0 Å². The van der Waals surface area contributed by atoms with Crippen molar-refractivity contribution in [2.45, 2.75) is 6.54 Å². The predicted molar refractivity (Wildman–Crippen MR) is 90.7 cm³/mol. The van der Waals surface area contributed by atoms with Gasteiger partial charge in [0.05, 0.1) is 12.7 Å². The van der Waals surface area contributed by atoms with Crippen LogP contribution in [0.25, 0.3) is 10.8 Å². The summed E-state index contributed by atoms with van der Waals surface area (Å²) < 4.78 is 4.73. The quantitative estimate of drug-likeness (QED) is 0.751. The van der Waals surface area contributed by atoms with Crippen LogP contribution in [0.1, 0.15) is 26.3 Å².